The Kier molecular flexibility index (Phi) is 8.48. The van der Waals surface area contributed by atoms with E-state index in [-0.39, 0.29) is 24.9 Å². The second-order valence-corrected chi connectivity index (χ2v) is 8.70. The number of hydrogen-bond acceptors (Lipinski definition) is 9. The highest BCUT2D eigenvalue weighted by molar-refractivity contribution is 7.99. The van der Waals surface area contributed by atoms with E-state index in [2.05, 4.69) is 20.5 Å². The van der Waals surface area contributed by atoms with Gasteiger partial charge in [0, 0.05) is 6.54 Å². The van der Waals surface area contributed by atoms with Gasteiger partial charge in [0.05, 0.1) is 23.1 Å². The van der Waals surface area contributed by atoms with Crippen LogP contribution in [0.3, 0.4) is 0 Å². The first-order chi connectivity index (χ1) is 15.4. The number of anilines is 1. The molecule has 0 aliphatic rings. The summed E-state index contributed by atoms with van der Waals surface area (Å²) in [4.78, 5) is 28.9. The number of esters is 1. The number of thioether (sulfide) groups is 1. The fraction of sp³-hybridized carbons (Fsp3) is 0.350. The maximum Gasteiger partial charge on any atom is 0.350 e. The molecule has 1 amide bonds. The fourth-order valence-electron chi connectivity index (χ4n) is 2.68. The third kappa shape index (κ3) is 5.99. The number of ether oxygens (including phenoxy) is 2. The Hall–Kier alpha value is -2.63. The van der Waals surface area contributed by atoms with Crippen LogP contribution in [-0.4, -0.2) is 44.0 Å². The average molecular weight is 496 g/mol. The van der Waals surface area contributed by atoms with E-state index < -0.39 is 5.97 Å². The maximum absolute atomic E-state index is 12.4. The monoisotopic (exact) mass is 495 g/mol. The number of thiazole rings is 1. The third-order valence-electron chi connectivity index (χ3n) is 4.14. The molecule has 1 N–H and O–H groups in total. The van der Waals surface area contributed by atoms with Crippen LogP contribution in [0.1, 0.15) is 35.0 Å². The predicted octanol–water partition coefficient (Wildman–Crippen LogP) is 4.20. The lowest BCUT2D eigenvalue weighted by atomic mass is 10.3. The van der Waals surface area contributed by atoms with Crippen molar-refractivity contribution in [3.05, 3.63) is 45.7 Å². The minimum atomic E-state index is -0.444. The summed E-state index contributed by atoms with van der Waals surface area (Å²) in [6.07, 6.45) is 0. The summed E-state index contributed by atoms with van der Waals surface area (Å²) in [5.74, 6) is 0.592. The molecule has 9 nitrogen and oxygen atoms in total. The second kappa shape index (κ2) is 11.3. The van der Waals surface area contributed by atoms with E-state index in [1.807, 2.05) is 23.6 Å². The van der Waals surface area contributed by atoms with Crippen molar-refractivity contribution in [3.63, 3.8) is 0 Å². The molecule has 0 aliphatic heterocycles. The summed E-state index contributed by atoms with van der Waals surface area (Å²) in [5, 5.41) is 12.5. The van der Waals surface area contributed by atoms with Crippen LogP contribution < -0.4 is 10.1 Å². The zero-order valence-electron chi connectivity index (χ0n) is 17.8. The van der Waals surface area contributed by atoms with Crippen LogP contribution in [0.15, 0.2) is 29.4 Å². The Morgan fingerprint density at radius 3 is 2.75 bits per heavy atom. The van der Waals surface area contributed by atoms with Gasteiger partial charge in [-0.3, -0.25) is 4.79 Å². The summed E-state index contributed by atoms with van der Waals surface area (Å²) < 4.78 is 12.6. The minimum absolute atomic E-state index is 0.108. The highest BCUT2D eigenvalue weighted by Gasteiger charge is 2.19. The van der Waals surface area contributed by atoms with Gasteiger partial charge in [0.2, 0.25) is 5.91 Å². The number of aromatic nitrogens is 4. The number of aryl methyl sites for hydroxylation is 1. The van der Waals surface area contributed by atoms with Gasteiger partial charge < -0.3 is 19.4 Å². The van der Waals surface area contributed by atoms with Crippen molar-refractivity contribution in [2.24, 2.45) is 0 Å². The second-order valence-electron chi connectivity index (χ2n) is 6.35. The number of carbonyl (C=O) groups is 2. The number of carbonyl (C=O) groups excluding carboxylic acids is 2. The molecule has 170 valence electrons. The van der Waals surface area contributed by atoms with Crippen LogP contribution in [0.4, 0.5) is 5.13 Å². The standard InChI is InChI=1S/C20H22ClN5O4S2/c1-4-26-15(10-30-14-9-7-6-8-13(14)21)24-25-20(26)31-11-16(27)23-19-22-12(3)17(32-19)18(28)29-5-2/h6-9H,4-5,10-11H2,1-3H3,(H,22,23,27). The van der Waals surface area contributed by atoms with E-state index in [4.69, 9.17) is 21.1 Å². The number of benzene rings is 1. The van der Waals surface area contributed by atoms with E-state index in [0.29, 0.717) is 44.0 Å². The number of hydrogen-bond donors (Lipinski definition) is 1. The molecule has 0 atom stereocenters. The first-order valence-electron chi connectivity index (χ1n) is 9.79. The first kappa shape index (κ1) is 24.0. The van der Waals surface area contributed by atoms with Crippen LogP contribution in [0, 0.1) is 6.92 Å². The Balaban J connectivity index is 1.57. The van der Waals surface area contributed by atoms with Crippen LogP contribution in [0.5, 0.6) is 5.75 Å². The molecule has 12 heteroatoms. The van der Waals surface area contributed by atoms with Crippen molar-refractivity contribution >= 4 is 51.7 Å². The molecule has 0 aliphatic carbocycles. The molecule has 0 unspecified atom stereocenters. The van der Waals surface area contributed by atoms with Crippen molar-refractivity contribution in [1.29, 1.82) is 0 Å². The molecule has 0 saturated carbocycles. The van der Waals surface area contributed by atoms with E-state index in [1.54, 1.807) is 26.0 Å². The minimum Gasteiger partial charge on any atom is -0.484 e. The van der Waals surface area contributed by atoms with E-state index >= 15 is 0 Å². The van der Waals surface area contributed by atoms with Crippen LogP contribution in [0.25, 0.3) is 0 Å². The molecular formula is C20H22ClN5O4S2. The highest BCUT2D eigenvalue weighted by Crippen LogP contribution is 2.26. The number of halogens is 1. The smallest absolute Gasteiger partial charge is 0.350 e. The summed E-state index contributed by atoms with van der Waals surface area (Å²) in [5.41, 5.74) is 0.519. The third-order valence-corrected chi connectivity index (χ3v) is 6.47. The first-order valence-corrected chi connectivity index (χ1v) is 12.0. The summed E-state index contributed by atoms with van der Waals surface area (Å²) >= 11 is 8.46. The van der Waals surface area contributed by atoms with Crippen LogP contribution in [-0.2, 0) is 22.7 Å². The van der Waals surface area contributed by atoms with Gasteiger partial charge in [-0.25, -0.2) is 9.78 Å². The number of rotatable bonds is 10. The van der Waals surface area contributed by atoms with Crippen molar-refractivity contribution in [2.45, 2.75) is 39.1 Å². The molecular weight excluding hydrogens is 474 g/mol. The number of nitrogens with one attached hydrogen (secondary N) is 1. The largest absolute Gasteiger partial charge is 0.484 e. The number of amides is 1. The zero-order chi connectivity index (χ0) is 23.1. The maximum atomic E-state index is 12.4. The lowest BCUT2D eigenvalue weighted by Crippen LogP contribution is -2.14. The average Bonchev–Trinajstić information content (AvgIpc) is 3.34. The normalized spacial score (nSPS) is 10.8. The fourth-order valence-corrected chi connectivity index (χ4v) is 4.56. The molecule has 0 radical (unpaired) electrons. The van der Waals surface area contributed by atoms with Gasteiger partial charge in [-0.2, -0.15) is 0 Å². The molecule has 32 heavy (non-hydrogen) atoms. The Labute approximate surface area is 198 Å². The Morgan fingerprint density at radius 1 is 1.25 bits per heavy atom. The SMILES string of the molecule is CCOC(=O)c1sc(NC(=O)CSc2nnc(COc3ccccc3Cl)n2CC)nc1C. The highest BCUT2D eigenvalue weighted by atomic mass is 35.5. The van der Waals surface area contributed by atoms with Gasteiger partial charge in [0.15, 0.2) is 16.1 Å². The van der Waals surface area contributed by atoms with Crippen molar-refractivity contribution in [3.8, 4) is 5.75 Å². The van der Waals surface area contributed by atoms with Gasteiger partial charge in [0.1, 0.15) is 17.2 Å². The number of nitrogens with zero attached hydrogens (tertiary/aromatic N) is 4. The molecule has 0 saturated heterocycles. The lowest BCUT2D eigenvalue weighted by Gasteiger charge is -2.09. The summed E-state index contributed by atoms with van der Waals surface area (Å²) in [6, 6.07) is 7.20. The van der Waals surface area contributed by atoms with Crippen molar-refractivity contribution in [1.82, 2.24) is 19.7 Å². The molecule has 3 aromatic rings. The Bertz CT molecular complexity index is 1100. The van der Waals surface area contributed by atoms with E-state index in [0.717, 1.165) is 11.3 Å². The molecule has 0 spiro atoms. The summed E-state index contributed by atoms with van der Waals surface area (Å²) in [6.45, 7) is 6.49. The van der Waals surface area contributed by atoms with E-state index in [1.165, 1.54) is 11.8 Å². The van der Waals surface area contributed by atoms with Gasteiger partial charge in [-0.05, 0) is 32.9 Å². The molecule has 2 aromatic heterocycles. The van der Waals surface area contributed by atoms with Crippen LogP contribution in [0.2, 0.25) is 5.02 Å². The summed E-state index contributed by atoms with van der Waals surface area (Å²) in [7, 11) is 0. The van der Waals surface area contributed by atoms with E-state index in [9.17, 15) is 9.59 Å². The molecule has 0 fully saturated rings. The van der Waals surface area contributed by atoms with Crippen molar-refractivity contribution < 1.29 is 19.1 Å². The quantitative estimate of drug-likeness (QED) is 0.329. The van der Waals surface area contributed by atoms with Gasteiger partial charge >= 0.3 is 5.97 Å². The molecule has 0 bridgehead atoms. The predicted molar refractivity (Wildman–Crippen MR) is 124 cm³/mol. The topological polar surface area (TPSA) is 108 Å². The van der Waals surface area contributed by atoms with Crippen LogP contribution >= 0.6 is 34.7 Å². The van der Waals surface area contributed by atoms with Gasteiger partial charge in [-0.1, -0.05) is 46.8 Å². The molecule has 2 heterocycles. The number of para-hydroxylation sites is 1. The molecule has 3 rings (SSSR count). The zero-order valence-corrected chi connectivity index (χ0v) is 20.1. The van der Waals surface area contributed by atoms with Gasteiger partial charge in [-0.15, -0.1) is 10.2 Å². The molecule has 1 aromatic carbocycles. The lowest BCUT2D eigenvalue weighted by molar-refractivity contribution is -0.113. The van der Waals surface area contributed by atoms with Crippen molar-refractivity contribution in [2.75, 3.05) is 17.7 Å². The Morgan fingerprint density at radius 2 is 2.03 bits per heavy atom. The van der Waals surface area contributed by atoms with Gasteiger partial charge in [0.25, 0.3) is 0 Å².